The highest BCUT2D eigenvalue weighted by molar-refractivity contribution is 6.30. The van der Waals surface area contributed by atoms with E-state index in [1.165, 1.54) is 24.8 Å². The zero-order valence-electron chi connectivity index (χ0n) is 11.1. The molecular formula is C15H20Cl3N. The first-order valence-electron chi connectivity index (χ1n) is 6.74. The van der Waals surface area contributed by atoms with Gasteiger partial charge in [0, 0.05) is 23.0 Å². The molecule has 106 valence electrons. The first-order valence-corrected chi connectivity index (χ1v) is 7.65. The van der Waals surface area contributed by atoms with Crippen LogP contribution in [-0.4, -0.2) is 29.9 Å². The Bertz CT molecular complexity index is 420. The van der Waals surface area contributed by atoms with Crippen molar-refractivity contribution in [3.8, 4) is 0 Å². The molecule has 0 N–H and O–H groups in total. The van der Waals surface area contributed by atoms with Gasteiger partial charge >= 0.3 is 0 Å². The summed E-state index contributed by atoms with van der Waals surface area (Å²) in [5, 5.41) is 0.817. The normalized spacial score (nSPS) is 34.1. The van der Waals surface area contributed by atoms with Crippen molar-refractivity contribution in [2.45, 2.75) is 37.3 Å². The lowest BCUT2D eigenvalue weighted by Gasteiger charge is -2.42. The van der Waals surface area contributed by atoms with Gasteiger partial charge in [0.15, 0.2) is 0 Å². The van der Waals surface area contributed by atoms with Gasteiger partial charge in [-0.1, -0.05) is 23.7 Å². The standard InChI is InChI=1S/C15H19Cl2N.ClH/c1-18-12-6-7-15(18)14(9-16)13(8-12)10-2-4-11(17)5-3-10;/h2-5,12-15H,6-9H2,1H3;1H/t12?,13-,14+,15?;/m1./s1. The molecule has 2 saturated heterocycles. The van der Waals surface area contributed by atoms with Crippen molar-refractivity contribution >= 4 is 35.6 Å². The molecule has 0 aliphatic carbocycles. The van der Waals surface area contributed by atoms with Crippen LogP contribution < -0.4 is 0 Å². The lowest BCUT2D eigenvalue weighted by atomic mass is 9.77. The van der Waals surface area contributed by atoms with Crippen LogP contribution in [0.4, 0.5) is 0 Å². The molecule has 4 atom stereocenters. The maximum Gasteiger partial charge on any atom is 0.0406 e. The fourth-order valence-corrected chi connectivity index (χ4v) is 4.43. The first kappa shape index (κ1) is 15.4. The quantitative estimate of drug-likeness (QED) is 0.722. The summed E-state index contributed by atoms with van der Waals surface area (Å²) in [5.41, 5.74) is 1.41. The second-order valence-corrected chi connectivity index (χ2v) is 6.42. The molecule has 1 nitrogen and oxygen atoms in total. The Hall–Kier alpha value is 0.0500. The SMILES string of the molecule is CN1C2CCC1[C@@H](CCl)[C@@H](c1ccc(Cl)cc1)C2.Cl. The minimum Gasteiger partial charge on any atom is -0.300 e. The number of fused-ring (bicyclic) bond motifs is 2. The number of rotatable bonds is 2. The van der Waals surface area contributed by atoms with E-state index in [2.05, 4.69) is 24.1 Å². The second kappa shape index (κ2) is 6.22. The number of piperidine rings is 1. The fourth-order valence-electron chi connectivity index (χ4n) is 3.88. The number of hydrogen-bond acceptors (Lipinski definition) is 1. The number of hydrogen-bond donors (Lipinski definition) is 0. The number of alkyl halides is 1. The van der Waals surface area contributed by atoms with E-state index in [0.29, 0.717) is 17.9 Å². The van der Waals surface area contributed by atoms with Gasteiger partial charge in [-0.25, -0.2) is 0 Å². The van der Waals surface area contributed by atoms with Crippen molar-refractivity contribution in [3.05, 3.63) is 34.9 Å². The van der Waals surface area contributed by atoms with Crippen LogP contribution in [0.1, 0.15) is 30.7 Å². The first-order chi connectivity index (χ1) is 8.70. The molecule has 0 spiro atoms. The number of benzene rings is 1. The van der Waals surface area contributed by atoms with Crippen LogP contribution in [0.25, 0.3) is 0 Å². The minimum absolute atomic E-state index is 0. The maximum absolute atomic E-state index is 6.26. The maximum atomic E-state index is 6.26. The lowest BCUT2D eigenvalue weighted by Crippen LogP contribution is -2.46. The summed E-state index contributed by atoms with van der Waals surface area (Å²) in [7, 11) is 2.26. The third-order valence-corrected chi connectivity index (χ3v) is 5.52. The Morgan fingerprint density at radius 3 is 2.53 bits per heavy atom. The second-order valence-electron chi connectivity index (χ2n) is 5.68. The van der Waals surface area contributed by atoms with Gasteiger partial charge < -0.3 is 4.90 Å². The summed E-state index contributed by atoms with van der Waals surface area (Å²) in [5.74, 6) is 1.94. The van der Waals surface area contributed by atoms with Gasteiger partial charge in [0.1, 0.15) is 0 Å². The van der Waals surface area contributed by atoms with E-state index in [9.17, 15) is 0 Å². The highest BCUT2D eigenvalue weighted by Gasteiger charge is 2.45. The van der Waals surface area contributed by atoms with E-state index in [4.69, 9.17) is 23.2 Å². The highest BCUT2D eigenvalue weighted by atomic mass is 35.5. The molecule has 2 aliphatic heterocycles. The zero-order chi connectivity index (χ0) is 12.7. The molecule has 0 radical (unpaired) electrons. The van der Waals surface area contributed by atoms with Gasteiger partial charge in [0.2, 0.25) is 0 Å². The Balaban J connectivity index is 0.00000133. The van der Waals surface area contributed by atoms with Crippen molar-refractivity contribution in [1.82, 2.24) is 4.90 Å². The van der Waals surface area contributed by atoms with E-state index >= 15 is 0 Å². The molecule has 2 heterocycles. The van der Waals surface area contributed by atoms with Gasteiger partial charge in [0.25, 0.3) is 0 Å². The Morgan fingerprint density at radius 1 is 1.21 bits per heavy atom. The molecule has 4 heteroatoms. The molecule has 2 fully saturated rings. The Kier molecular flexibility index (Phi) is 5.05. The molecule has 2 aliphatic rings. The average molecular weight is 321 g/mol. The highest BCUT2D eigenvalue weighted by Crippen LogP contribution is 2.46. The monoisotopic (exact) mass is 319 g/mol. The summed E-state index contributed by atoms with van der Waals surface area (Å²) in [6.07, 6.45) is 3.88. The Morgan fingerprint density at radius 2 is 1.89 bits per heavy atom. The molecule has 0 saturated carbocycles. The van der Waals surface area contributed by atoms with Crippen molar-refractivity contribution < 1.29 is 0 Å². The van der Waals surface area contributed by atoms with Gasteiger partial charge in [-0.2, -0.15) is 0 Å². The molecule has 2 unspecified atom stereocenters. The predicted octanol–water partition coefficient (Wildman–Crippen LogP) is 4.57. The molecular weight excluding hydrogens is 301 g/mol. The number of halogens is 3. The summed E-state index contributed by atoms with van der Waals surface area (Å²) >= 11 is 12.2. The molecule has 1 aromatic carbocycles. The molecule has 19 heavy (non-hydrogen) atoms. The lowest BCUT2D eigenvalue weighted by molar-refractivity contribution is 0.111. The van der Waals surface area contributed by atoms with Crippen molar-refractivity contribution in [1.29, 1.82) is 0 Å². The largest absolute Gasteiger partial charge is 0.300 e. The van der Waals surface area contributed by atoms with Gasteiger partial charge in [0.05, 0.1) is 0 Å². The van der Waals surface area contributed by atoms with E-state index in [1.807, 2.05) is 12.1 Å². The van der Waals surface area contributed by atoms with Crippen LogP contribution >= 0.6 is 35.6 Å². The van der Waals surface area contributed by atoms with Crippen LogP contribution in [0.3, 0.4) is 0 Å². The molecule has 3 rings (SSSR count). The van der Waals surface area contributed by atoms with E-state index < -0.39 is 0 Å². The minimum atomic E-state index is 0. The fraction of sp³-hybridized carbons (Fsp3) is 0.600. The van der Waals surface area contributed by atoms with Crippen molar-refractivity contribution in [2.75, 3.05) is 12.9 Å². The van der Waals surface area contributed by atoms with Crippen LogP contribution in [-0.2, 0) is 0 Å². The molecule has 2 bridgehead atoms. The van der Waals surface area contributed by atoms with Gasteiger partial charge in [-0.3, -0.25) is 0 Å². The van der Waals surface area contributed by atoms with Crippen LogP contribution in [0.15, 0.2) is 24.3 Å². The average Bonchev–Trinajstić information content (AvgIpc) is 2.63. The predicted molar refractivity (Wildman–Crippen MR) is 84.8 cm³/mol. The molecule has 0 amide bonds. The molecule has 1 aromatic rings. The van der Waals surface area contributed by atoms with Crippen LogP contribution in [0.5, 0.6) is 0 Å². The Labute approximate surface area is 131 Å². The smallest absolute Gasteiger partial charge is 0.0406 e. The van der Waals surface area contributed by atoms with Crippen LogP contribution in [0, 0.1) is 5.92 Å². The van der Waals surface area contributed by atoms with Crippen molar-refractivity contribution in [2.24, 2.45) is 5.92 Å². The van der Waals surface area contributed by atoms with Crippen molar-refractivity contribution in [3.63, 3.8) is 0 Å². The van der Waals surface area contributed by atoms with Crippen LogP contribution in [0.2, 0.25) is 5.02 Å². The number of nitrogens with zero attached hydrogens (tertiary/aromatic N) is 1. The zero-order valence-corrected chi connectivity index (χ0v) is 13.4. The van der Waals surface area contributed by atoms with Gasteiger partial charge in [-0.05, 0) is 55.8 Å². The third-order valence-electron chi connectivity index (χ3n) is 4.91. The third kappa shape index (κ3) is 2.76. The summed E-state index contributed by atoms with van der Waals surface area (Å²) in [6, 6.07) is 9.77. The summed E-state index contributed by atoms with van der Waals surface area (Å²) in [4.78, 5) is 2.56. The topological polar surface area (TPSA) is 3.24 Å². The summed E-state index contributed by atoms with van der Waals surface area (Å²) in [6.45, 7) is 0. The molecule has 0 aromatic heterocycles. The van der Waals surface area contributed by atoms with E-state index in [0.717, 1.165) is 16.9 Å². The van der Waals surface area contributed by atoms with Gasteiger partial charge in [-0.15, -0.1) is 24.0 Å². The van der Waals surface area contributed by atoms with E-state index in [-0.39, 0.29) is 12.4 Å². The summed E-state index contributed by atoms with van der Waals surface area (Å²) < 4.78 is 0. The van der Waals surface area contributed by atoms with E-state index in [1.54, 1.807) is 0 Å².